The molecule has 0 aromatic heterocycles. The van der Waals surface area contributed by atoms with Crippen LogP contribution in [-0.4, -0.2) is 62.1 Å². The van der Waals surface area contributed by atoms with Crippen molar-refractivity contribution in [2.45, 2.75) is 52.5 Å². The first-order valence-electron chi connectivity index (χ1n) is 8.24. The lowest BCUT2D eigenvalue weighted by Crippen LogP contribution is -2.46. The Bertz CT molecular complexity index is 294. The van der Waals surface area contributed by atoms with E-state index in [2.05, 4.69) is 47.9 Å². The fourth-order valence-electron chi connectivity index (χ4n) is 2.85. The molecule has 126 valence electrons. The number of aliphatic imine (C=N–C) groups is 1. The molecule has 1 rings (SSSR count). The summed E-state index contributed by atoms with van der Waals surface area (Å²) in [6.07, 6.45) is 5.12. The minimum atomic E-state index is 0. The minimum absolute atomic E-state index is 0. The number of piperidine rings is 1. The number of unbranched alkanes of at least 4 members (excludes halogenated alkanes) is 1. The second-order valence-electron chi connectivity index (χ2n) is 6.30. The van der Waals surface area contributed by atoms with E-state index in [4.69, 9.17) is 0 Å². The van der Waals surface area contributed by atoms with Gasteiger partial charge in [0.15, 0.2) is 5.96 Å². The van der Waals surface area contributed by atoms with Crippen molar-refractivity contribution >= 4 is 29.9 Å². The Morgan fingerprint density at radius 3 is 2.71 bits per heavy atom. The van der Waals surface area contributed by atoms with E-state index in [-0.39, 0.29) is 24.0 Å². The van der Waals surface area contributed by atoms with Crippen molar-refractivity contribution in [1.29, 1.82) is 0 Å². The molecule has 1 fully saturated rings. The Kier molecular flexibility index (Phi) is 11.5. The van der Waals surface area contributed by atoms with Gasteiger partial charge >= 0.3 is 0 Å². The highest BCUT2D eigenvalue weighted by atomic mass is 127. The fraction of sp³-hybridized carbons (Fsp3) is 0.938. The zero-order chi connectivity index (χ0) is 15.0. The lowest BCUT2D eigenvalue weighted by molar-refractivity contribution is 0.140. The van der Waals surface area contributed by atoms with Crippen LogP contribution in [0.25, 0.3) is 0 Å². The van der Waals surface area contributed by atoms with Gasteiger partial charge in [-0.1, -0.05) is 13.3 Å². The van der Waals surface area contributed by atoms with Gasteiger partial charge in [0.1, 0.15) is 0 Å². The predicted octanol–water partition coefficient (Wildman–Crippen LogP) is 3.03. The molecule has 21 heavy (non-hydrogen) atoms. The van der Waals surface area contributed by atoms with Crippen LogP contribution < -0.4 is 5.32 Å². The smallest absolute Gasteiger partial charge is 0.193 e. The largest absolute Gasteiger partial charge is 0.356 e. The standard InChI is InChI=1S/C16H34N4.HI/c1-6-7-10-19(5)16(17-4)18-12-15-9-8-11-20(13-15)14(2)3;/h14-15H,6-13H2,1-5H3,(H,17,18);1H. The Morgan fingerprint density at radius 2 is 2.14 bits per heavy atom. The maximum Gasteiger partial charge on any atom is 0.193 e. The Labute approximate surface area is 148 Å². The van der Waals surface area contributed by atoms with Crippen LogP contribution in [0.15, 0.2) is 4.99 Å². The maximum absolute atomic E-state index is 4.40. The number of nitrogens with one attached hydrogen (secondary N) is 1. The first kappa shape index (κ1) is 21.0. The molecular weight excluding hydrogens is 375 g/mol. The summed E-state index contributed by atoms with van der Waals surface area (Å²) < 4.78 is 0. The van der Waals surface area contributed by atoms with Gasteiger partial charge in [-0.05, 0) is 45.6 Å². The normalized spacial score (nSPS) is 20.3. The van der Waals surface area contributed by atoms with Gasteiger partial charge in [0, 0.05) is 39.8 Å². The van der Waals surface area contributed by atoms with Crippen LogP contribution in [0.5, 0.6) is 0 Å². The lowest BCUT2D eigenvalue weighted by Gasteiger charge is -2.36. The monoisotopic (exact) mass is 410 g/mol. The summed E-state index contributed by atoms with van der Waals surface area (Å²) >= 11 is 0. The predicted molar refractivity (Wildman–Crippen MR) is 104 cm³/mol. The SMILES string of the molecule is CCCCN(C)C(=NC)NCC1CCCN(C(C)C)C1.I. The molecular formula is C16H35IN4. The van der Waals surface area contributed by atoms with Gasteiger partial charge < -0.3 is 15.1 Å². The summed E-state index contributed by atoms with van der Waals surface area (Å²) in [5.41, 5.74) is 0. The second-order valence-corrected chi connectivity index (χ2v) is 6.30. The number of halogens is 1. The molecule has 1 heterocycles. The molecule has 1 saturated heterocycles. The van der Waals surface area contributed by atoms with E-state index >= 15 is 0 Å². The van der Waals surface area contributed by atoms with E-state index in [0.29, 0.717) is 6.04 Å². The molecule has 1 N–H and O–H groups in total. The summed E-state index contributed by atoms with van der Waals surface area (Å²) in [4.78, 5) is 9.24. The summed E-state index contributed by atoms with van der Waals surface area (Å²) in [6.45, 7) is 11.4. The van der Waals surface area contributed by atoms with Crippen molar-refractivity contribution < 1.29 is 0 Å². The van der Waals surface area contributed by atoms with Crippen LogP contribution in [0, 0.1) is 5.92 Å². The van der Waals surface area contributed by atoms with E-state index < -0.39 is 0 Å². The number of guanidine groups is 1. The molecule has 1 unspecified atom stereocenters. The molecule has 0 aromatic carbocycles. The van der Waals surface area contributed by atoms with Gasteiger partial charge in [0.05, 0.1) is 0 Å². The Morgan fingerprint density at radius 1 is 1.43 bits per heavy atom. The van der Waals surface area contributed by atoms with E-state index in [1.54, 1.807) is 0 Å². The highest BCUT2D eigenvalue weighted by Gasteiger charge is 2.21. The van der Waals surface area contributed by atoms with Crippen LogP contribution in [0.2, 0.25) is 0 Å². The molecule has 0 bridgehead atoms. The van der Waals surface area contributed by atoms with Gasteiger partial charge in [-0.15, -0.1) is 24.0 Å². The average molecular weight is 410 g/mol. The summed E-state index contributed by atoms with van der Waals surface area (Å²) in [7, 11) is 4.01. The molecule has 0 amide bonds. The number of nitrogens with zero attached hydrogens (tertiary/aromatic N) is 3. The van der Waals surface area contributed by atoms with Gasteiger partial charge in [-0.2, -0.15) is 0 Å². The topological polar surface area (TPSA) is 30.9 Å². The molecule has 0 aromatic rings. The fourth-order valence-corrected chi connectivity index (χ4v) is 2.85. The van der Waals surface area contributed by atoms with Crippen LogP contribution in [0.4, 0.5) is 0 Å². The van der Waals surface area contributed by atoms with E-state index in [9.17, 15) is 0 Å². The molecule has 0 spiro atoms. The highest BCUT2D eigenvalue weighted by molar-refractivity contribution is 14.0. The van der Waals surface area contributed by atoms with Gasteiger partial charge in [0.2, 0.25) is 0 Å². The van der Waals surface area contributed by atoms with Gasteiger partial charge in [0.25, 0.3) is 0 Å². The van der Waals surface area contributed by atoms with Crippen molar-refractivity contribution in [1.82, 2.24) is 15.1 Å². The van der Waals surface area contributed by atoms with Crippen LogP contribution in [0.3, 0.4) is 0 Å². The average Bonchev–Trinajstić information content (AvgIpc) is 2.46. The summed E-state index contributed by atoms with van der Waals surface area (Å²) in [6, 6.07) is 0.671. The zero-order valence-corrected chi connectivity index (χ0v) is 16.9. The van der Waals surface area contributed by atoms with Crippen LogP contribution in [-0.2, 0) is 0 Å². The van der Waals surface area contributed by atoms with Gasteiger partial charge in [-0.3, -0.25) is 4.99 Å². The maximum atomic E-state index is 4.40. The molecule has 4 nitrogen and oxygen atoms in total. The first-order chi connectivity index (χ1) is 9.58. The Balaban J connectivity index is 0.00000400. The number of rotatable bonds is 6. The number of likely N-dealkylation sites (tertiary alicyclic amines) is 1. The van der Waals surface area contributed by atoms with E-state index in [1.807, 2.05) is 7.05 Å². The van der Waals surface area contributed by atoms with Gasteiger partial charge in [-0.25, -0.2) is 0 Å². The number of hydrogen-bond acceptors (Lipinski definition) is 2. The third kappa shape index (κ3) is 7.68. The quantitative estimate of drug-likeness (QED) is 0.415. The highest BCUT2D eigenvalue weighted by Crippen LogP contribution is 2.17. The minimum Gasteiger partial charge on any atom is -0.356 e. The molecule has 1 atom stereocenters. The van der Waals surface area contributed by atoms with Crippen molar-refractivity contribution in [3.8, 4) is 0 Å². The Hall–Kier alpha value is -0.0400. The molecule has 1 aliphatic rings. The summed E-state index contributed by atoms with van der Waals surface area (Å²) in [5.74, 6) is 1.79. The van der Waals surface area contributed by atoms with E-state index in [1.165, 1.54) is 38.8 Å². The number of hydrogen-bond donors (Lipinski definition) is 1. The van der Waals surface area contributed by atoms with Crippen molar-refractivity contribution in [2.24, 2.45) is 10.9 Å². The molecule has 5 heteroatoms. The first-order valence-corrected chi connectivity index (χ1v) is 8.24. The molecule has 1 aliphatic heterocycles. The second kappa shape index (κ2) is 11.5. The molecule has 0 saturated carbocycles. The van der Waals surface area contributed by atoms with Crippen molar-refractivity contribution in [2.75, 3.05) is 40.3 Å². The molecule has 0 radical (unpaired) electrons. The lowest BCUT2D eigenvalue weighted by atomic mass is 9.97. The zero-order valence-electron chi connectivity index (χ0n) is 14.6. The van der Waals surface area contributed by atoms with E-state index in [0.717, 1.165) is 25.0 Å². The summed E-state index contributed by atoms with van der Waals surface area (Å²) in [5, 5.41) is 3.56. The van der Waals surface area contributed by atoms with Crippen molar-refractivity contribution in [3.63, 3.8) is 0 Å². The van der Waals surface area contributed by atoms with Crippen LogP contribution in [0.1, 0.15) is 46.5 Å². The van der Waals surface area contributed by atoms with Crippen molar-refractivity contribution in [3.05, 3.63) is 0 Å². The molecule has 0 aliphatic carbocycles. The van der Waals surface area contributed by atoms with Crippen LogP contribution >= 0.6 is 24.0 Å². The third-order valence-corrected chi connectivity index (χ3v) is 4.25. The third-order valence-electron chi connectivity index (χ3n) is 4.25.